The maximum Gasteiger partial charge on any atom is 0.266 e. The first-order valence-electron chi connectivity index (χ1n) is 7.19. The summed E-state index contributed by atoms with van der Waals surface area (Å²) < 4.78 is 0. The lowest BCUT2D eigenvalue weighted by Crippen LogP contribution is -2.13. The van der Waals surface area contributed by atoms with Gasteiger partial charge >= 0.3 is 0 Å². The van der Waals surface area contributed by atoms with Gasteiger partial charge < -0.3 is 5.32 Å². The van der Waals surface area contributed by atoms with Crippen LogP contribution in [0.5, 0.6) is 0 Å². The van der Waals surface area contributed by atoms with E-state index in [9.17, 15) is 4.79 Å². The van der Waals surface area contributed by atoms with Crippen molar-refractivity contribution in [2.75, 3.05) is 5.32 Å². The first-order chi connectivity index (χ1) is 10.6. The highest BCUT2D eigenvalue weighted by Gasteiger charge is 2.10. The van der Waals surface area contributed by atoms with Crippen LogP contribution in [0.4, 0.5) is 5.69 Å². The molecule has 1 aromatic heterocycles. The third-order valence-electron chi connectivity index (χ3n) is 3.57. The largest absolute Gasteiger partial charge is 0.321 e. The SMILES string of the molecule is CC[C@@H](C)c1ccc(NC(=O)/C(C#N)=C/c2ccsc2)cc1. The van der Waals surface area contributed by atoms with Gasteiger partial charge in [-0.3, -0.25) is 4.79 Å². The van der Waals surface area contributed by atoms with Crippen molar-refractivity contribution in [2.45, 2.75) is 26.2 Å². The summed E-state index contributed by atoms with van der Waals surface area (Å²) >= 11 is 1.53. The number of thiophene rings is 1. The lowest BCUT2D eigenvalue weighted by molar-refractivity contribution is -0.112. The van der Waals surface area contributed by atoms with Crippen LogP contribution in [0.2, 0.25) is 0 Å². The fourth-order valence-corrected chi connectivity index (χ4v) is 2.62. The minimum atomic E-state index is -0.384. The topological polar surface area (TPSA) is 52.9 Å². The fourth-order valence-electron chi connectivity index (χ4n) is 2.00. The van der Waals surface area contributed by atoms with Gasteiger partial charge in [0.05, 0.1) is 0 Å². The summed E-state index contributed by atoms with van der Waals surface area (Å²) in [5.74, 6) is 0.114. The van der Waals surface area contributed by atoms with E-state index in [1.165, 1.54) is 16.9 Å². The minimum absolute atomic E-state index is 0.101. The highest BCUT2D eigenvalue weighted by molar-refractivity contribution is 7.08. The third kappa shape index (κ3) is 4.06. The van der Waals surface area contributed by atoms with Crippen molar-refractivity contribution in [3.05, 3.63) is 57.8 Å². The number of benzene rings is 1. The summed E-state index contributed by atoms with van der Waals surface area (Å²) in [6.07, 6.45) is 2.67. The van der Waals surface area contributed by atoms with E-state index in [0.717, 1.165) is 12.0 Å². The number of anilines is 1. The van der Waals surface area contributed by atoms with E-state index in [1.807, 2.05) is 47.2 Å². The molecular formula is C18H18N2OS. The van der Waals surface area contributed by atoms with Crippen LogP contribution in [-0.2, 0) is 4.79 Å². The van der Waals surface area contributed by atoms with Gasteiger partial charge in [0.25, 0.3) is 5.91 Å². The van der Waals surface area contributed by atoms with Gasteiger partial charge in [-0.2, -0.15) is 16.6 Å². The summed E-state index contributed by atoms with van der Waals surface area (Å²) in [5.41, 5.74) is 2.91. The maximum absolute atomic E-state index is 12.1. The second kappa shape index (κ2) is 7.58. The molecule has 3 nitrogen and oxygen atoms in total. The average Bonchev–Trinajstić information content (AvgIpc) is 3.05. The van der Waals surface area contributed by atoms with E-state index < -0.39 is 0 Å². The van der Waals surface area contributed by atoms with Crippen LogP contribution >= 0.6 is 11.3 Å². The number of carbonyl (C=O) groups is 1. The number of nitriles is 1. The van der Waals surface area contributed by atoms with Gasteiger partial charge in [0, 0.05) is 5.69 Å². The number of carbonyl (C=O) groups excluding carboxylic acids is 1. The molecule has 2 aromatic rings. The molecule has 0 fully saturated rings. The number of nitrogens with one attached hydrogen (secondary N) is 1. The zero-order chi connectivity index (χ0) is 15.9. The minimum Gasteiger partial charge on any atom is -0.321 e. The highest BCUT2D eigenvalue weighted by atomic mass is 32.1. The first-order valence-corrected chi connectivity index (χ1v) is 8.13. The van der Waals surface area contributed by atoms with Crippen LogP contribution in [0.3, 0.4) is 0 Å². The Morgan fingerprint density at radius 3 is 2.64 bits per heavy atom. The zero-order valence-electron chi connectivity index (χ0n) is 12.7. The van der Waals surface area contributed by atoms with E-state index in [-0.39, 0.29) is 11.5 Å². The molecule has 0 aliphatic heterocycles. The van der Waals surface area contributed by atoms with Gasteiger partial charge in [-0.25, -0.2) is 0 Å². The molecule has 1 N–H and O–H groups in total. The van der Waals surface area contributed by atoms with Crippen molar-refractivity contribution in [2.24, 2.45) is 0 Å². The number of hydrogen-bond donors (Lipinski definition) is 1. The molecule has 1 heterocycles. The van der Waals surface area contributed by atoms with Crippen LogP contribution < -0.4 is 5.32 Å². The molecule has 0 aliphatic rings. The number of amides is 1. The van der Waals surface area contributed by atoms with E-state index in [0.29, 0.717) is 11.6 Å². The molecular weight excluding hydrogens is 292 g/mol. The molecule has 0 unspecified atom stereocenters. The van der Waals surface area contributed by atoms with E-state index in [1.54, 1.807) is 6.08 Å². The van der Waals surface area contributed by atoms with Crippen LogP contribution in [0.25, 0.3) is 6.08 Å². The Kier molecular flexibility index (Phi) is 5.51. The van der Waals surface area contributed by atoms with Crippen molar-refractivity contribution in [1.82, 2.24) is 0 Å². The Bertz CT molecular complexity index is 694. The molecule has 2 rings (SSSR count). The van der Waals surface area contributed by atoms with Gasteiger partial charge in [-0.05, 0) is 58.5 Å². The Balaban J connectivity index is 2.09. The summed E-state index contributed by atoms with van der Waals surface area (Å²) in [7, 11) is 0. The van der Waals surface area contributed by atoms with Gasteiger partial charge in [-0.15, -0.1) is 0 Å². The molecule has 4 heteroatoms. The molecule has 0 aliphatic carbocycles. The predicted octanol–water partition coefficient (Wildman–Crippen LogP) is 4.81. The van der Waals surface area contributed by atoms with E-state index in [4.69, 9.17) is 5.26 Å². The Morgan fingerprint density at radius 2 is 2.09 bits per heavy atom. The Morgan fingerprint density at radius 1 is 1.36 bits per heavy atom. The second-order valence-electron chi connectivity index (χ2n) is 5.11. The number of nitrogens with zero attached hydrogens (tertiary/aromatic N) is 1. The average molecular weight is 310 g/mol. The summed E-state index contributed by atoms with van der Waals surface area (Å²) in [4.78, 5) is 12.1. The quantitative estimate of drug-likeness (QED) is 0.636. The van der Waals surface area contributed by atoms with Crippen LogP contribution in [-0.4, -0.2) is 5.91 Å². The molecule has 0 bridgehead atoms. The highest BCUT2D eigenvalue weighted by Crippen LogP contribution is 2.21. The molecule has 0 spiro atoms. The van der Waals surface area contributed by atoms with Crippen LogP contribution in [0.1, 0.15) is 37.3 Å². The Hall–Kier alpha value is -2.38. The number of rotatable bonds is 5. The van der Waals surface area contributed by atoms with Crippen molar-refractivity contribution in [3.8, 4) is 6.07 Å². The van der Waals surface area contributed by atoms with Crippen molar-refractivity contribution in [3.63, 3.8) is 0 Å². The summed E-state index contributed by atoms with van der Waals surface area (Å²) in [6.45, 7) is 4.32. The van der Waals surface area contributed by atoms with Gasteiger partial charge in [0.15, 0.2) is 0 Å². The lowest BCUT2D eigenvalue weighted by atomic mass is 9.98. The molecule has 0 saturated heterocycles. The summed E-state index contributed by atoms with van der Waals surface area (Å²) in [6, 6.07) is 11.6. The van der Waals surface area contributed by atoms with Gasteiger partial charge in [0.1, 0.15) is 11.6 Å². The lowest BCUT2D eigenvalue weighted by Gasteiger charge is -2.10. The van der Waals surface area contributed by atoms with Crippen molar-refractivity contribution in [1.29, 1.82) is 5.26 Å². The van der Waals surface area contributed by atoms with Gasteiger partial charge in [0.2, 0.25) is 0 Å². The predicted molar refractivity (Wildman–Crippen MR) is 91.7 cm³/mol. The van der Waals surface area contributed by atoms with E-state index >= 15 is 0 Å². The van der Waals surface area contributed by atoms with Crippen molar-refractivity contribution < 1.29 is 4.79 Å². The standard InChI is InChI=1S/C18H18N2OS/c1-3-13(2)15-4-6-17(7-5-15)20-18(21)16(11-19)10-14-8-9-22-12-14/h4-10,12-13H,3H2,1-2H3,(H,20,21)/b16-10+/t13-/m1/s1. The molecule has 0 saturated carbocycles. The molecule has 0 radical (unpaired) electrons. The molecule has 1 aromatic carbocycles. The van der Waals surface area contributed by atoms with Gasteiger partial charge in [-0.1, -0.05) is 26.0 Å². The second-order valence-corrected chi connectivity index (χ2v) is 5.89. The molecule has 1 amide bonds. The molecule has 112 valence electrons. The van der Waals surface area contributed by atoms with Crippen molar-refractivity contribution >= 4 is 29.0 Å². The smallest absolute Gasteiger partial charge is 0.266 e. The number of hydrogen-bond acceptors (Lipinski definition) is 3. The maximum atomic E-state index is 12.1. The third-order valence-corrected chi connectivity index (χ3v) is 4.27. The molecule has 1 atom stereocenters. The Labute approximate surface area is 134 Å². The fraction of sp³-hybridized carbons (Fsp3) is 0.222. The molecule has 22 heavy (non-hydrogen) atoms. The summed E-state index contributed by atoms with van der Waals surface area (Å²) in [5, 5.41) is 15.7. The van der Waals surface area contributed by atoms with Crippen LogP contribution in [0.15, 0.2) is 46.7 Å². The first kappa shape index (κ1) is 16.0. The zero-order valence-corrected chi connectivity index (χ0v) is 13.5. The van der Waals surface area contributed by atoms with E-state index in [2.05, 4.69) is 19.2 Å². The monoisotopic (exact) mass is 310 g/mol. The van der Waals surface area contributed by atoms with Crippen LogP contribution in [0, 0.1) is 11.3 Å². The normalized spacial score (nSPS) is 12.5.